The highest BCUT2D eigenvalue weighted by molar-refractivity contribution is 7.11. The van der Waals surface area contributed by atoms with Crippen LogP contribution in [0.1, 0.15) is 27.8 Å². The molecule has 0 saturated heterocycles. The Balaban J connectivity index is 2.13. The first kappa shape index (κ1) is 19.7. The fourth-order valence-electron chi connectivity index (χ4n) is 2.93. The molecule has 0 aliphatic carbocycles. The van der Waals surface area contributed by atoms with E-state index in [1.807, 2.05) is 19.1 Å². The number of hydrogen-bond donors (Lipinski definition) is 1. The van der Waals surface area contributed by atoms with Gasteiger partial charge in [0.1, 0.15) is 10.8 Å². The van der Waals surface area contributed by atoms with Crippen molar-refractivity contribution in [2.24, 2.45) is 0 Å². The van der Waals surface area contributed by atoms with Crippen molar-refractivity contribution in [3.05, 3.63) is 68.1 Å². The van der Waals surface area contributed by atoms with Crippen LogP contribution in [0.5, 0.6) is 5.75 Å². The molecule has 0 amide bonds. The molecule has 3 rings (SSSR count). The van der Waals surface area contributed by atoms with Crippen LogP contribution in [0.4, 0.5) is 0 Å². The van der Waals surface area contributed by atoms with Gasteiger partial charge in [-0.25, -0.2) is 4.98 Å². The number of carbonyl (C=O) groups is 1. The lowest BCUT2D eigenvalue weighted by Gasteiger charge is -2.16. The third-order valence-electron chi connectivity index (χ3n) is 4.11. The van der Waals surface area contributed by atoms with E-state index in [0.717, 1.165) is 26.6 Å². The van der Waals surface area contributed by atoms with E-state index >= 15 is 0 Å². The molecule has 1 aromatic heterocycles. The van der Waals surface area contributed by atoms with Crippen molar-refractivity contribution in [3.63, 3.8) is 0 Å². The predicted octanol–water partition coefficient (Wildman–Crippen LogP) is 6.04. The number of aryl methyl sites for hydroxylation is 1. The minimum atomic E-state index is -0.894. The van der Waals surface area contributed by atoms with E-state index in [-0.39, 0.29) is 12.3 Å². The van der Waals surface area contributed by atoms with Gasteiger partial charge in [0.2, 0.25) is 0 Å². The van der Waals surface area contributed by atoms with Crippen LogP contribution in [-0.2, 0) is 4.79 Å². The zero-order chi connectivity index (χ0) is 19.6. The lowest BCUT2D eigenvalue weighted by molar-refractivity contribution is -0.137. The summed E-state index contributed by atoms with van der Waals surface area (Å²) in [6.07, 6.45) is 1.68. The molecular formula is C20H17Cl2NO3S. The molecule has 140 valence electrons. The second-order valence-electron chi connectivity index (χ2n) is 6.08. The van der Waals surface area contributed by atoms with Crippen LogP contribution in [0.2, 0.25) is 10.0 Å². The molecule has 3 aromatic rings. The summed E-state index contributed by atoms with van der Waals surface area (Å²) in [5, 5.41) is 11.2. The van der Waals surface area contributed by atoms with E-state index < -0.39 is 5.97 Å². The molecule has 4 nitrogen and oxygen atoms in total. The lowest BCUT2D eigenvalue weighted by Crippen LogP contribution is -2.08. The van der Waals surface area contributed by atoms with Crippen LogP contribution in [0.15, 0.2) is 42.6 Å². The Labute approximate surface area is 171 Å². The number of aromatic nitrogens is 1. The average molecular weight is 422 g/mol. The zero-order valence-electron chi connectivity index (χ0n) is 14.7. The molecule has 0 bridgehead atoms. The van der Waals surface area contributed by atoms with Crippen molar-refractivity contribution in [2.45, 2.75) is 19.3 Å². The maximum atomic E-state index is 11.5. The van der Waals surface area contributed by atoms with E-state index in [1.54, 1.807) is 37.6 Å². The lowest BCUT2D eigenvalue weighted by atomic mass is 9.92. The first-order valence-corrected chi connectivity index (χ1v) is 9.73. The maximum absolute atomic E-state index is 11.5. The van der Waals surface area contributed by atoms with Crippen molar-refractivity contribution in [2.75, 3.05) is 7.11 Å². The summed E-state index contributed by atoms with van der Waals surface area (Å²) in [4.78, 5) is 16.9. The number of nitrogens with zero attached hydrogens (tertiary/aromatic N) is 1. The Morgan fingerprint density at radius 2 is 2.00 bits per heavy atom. The Kier molecular flexibility index (Phi) is 6.05. The molecule has 0 saturated carbocycles. The number of aliphatic carboxylic acids is 1. The summed E-state index contributed by atoms with van der Waals surface area (Å²) >= 11 is 14.0. The van der Waals surface area contributed by atoms with Gasteiger partial charge in [-0.2, -0.15) is 0 Å². The normalized spacial score (nSPS) is 12.0. The number of thiazole rings is 1. The summed E-state index contributed by atoms with van der Waals surface area (Å²) in [6, 6.07) is 10.9. The van der Waals surface area contributed by atoms with Gasteiger partial charge in [-0.1, -0.05) is 29.3 Å². The number of hydrogen-bond acceptors (Lipinski definition) is 4. The molecule has 1 heterocycles. The number of halogens is 2. The van der Waals surface area contributed by atoms with Gasteiger partial charge in [0.25, 0.3) is 0 Å². The molecule has 7 heteroatoms. The fourth-order valence-corrected chi connectivity index (χ4v) is 4.25. The van der Waals surface area contributed by atoms with E-state index in [9.17, 15) is 9.90 Å². The third kappa shape index (κ3) is 4.61. The Bertz CT molecular complexity index is 987. The van der Waals surface area contributed by atoms with Crippen LogP contribution in [0.25, 0.3) is 11.1 Å². The highest BCUT2D eigenvalue weighted by Gasteiger charge is 2.22. The third-order valence-corrected chi connectivity index (χ3v) is 5.59. The van der Waals surface area contributed by atoms with E-state index in [2.05, 4.69) is 4.98 Å². The zero-order valence-corrected chi connectivity index (χ0v) is 17.0. The first-order chi connectivity index (χ1) is 12.9. The quantitative estimate of drug-likeness (QED) is 0.526. The maximum Gasteiger partial charge on any atom is 0.304 e. The Morgan fingerprint density at radius 3 is 2.63 bits per heavy atom. The summed E-state index contributed by atoms with van der Waals surface area (Å²) < 4.78 is 5.44. The molecule has 0 radical (unpaired) electrons. The molecule has 0 aliphatic rings. The standard InChI is InChI=1S/C20H17Cl2NO3S/c1-11-10-23-20(27-11)17(9-19(24)25)13-5-12(6-15(22)7-13)16-8-14(21)3-4-18(16)26-2/h3-8,10,17H,9H2,1-2H3,(H,24,25). The van der Waals surface area contributed by atoms with Crippen molar-refractivity contribution in [3.8, 4) is 16.9 Å². The smallest absolute Gasteiger partial charge is 0.304 e. The Morgan fingerprint density at radius 1 is 1.22 bits per heavy atom. The monoisotopic (exact) mass is 421 g/mol. The molecule has 0 spiro atoms. The topological polar surface area (TPSA) is 59.4 Å². The highest BCUT2D eigenvalue weighted by atomic mass is 35.5. The predicted molar refractivity (Wildman–Crippen MR) is 109 cm³/mol. The van der Waals surface area contributed by atoms with Crippen LogP contribution < -0.4 is 4.74 Å². The van der Waals surface area contributed by atoms with Gasteiger partial charge < -0.3 is 9.84 Å². The number of rotatable bonds is 6. The molecular weight excluding hydrogens is 405 g/mol. The van der Waals surface area contributed by atoms with Crippen LogP contribution in [0, 0.1) is 6.92 Å². The van der Waals surface area contributed by atoms with Crippen molar-refractivity contribution in [1.82, 2.24) is 4.98 Å². The van der Waals surface area contributed by atoms with Gasteiger partial charge in [-0.15, -0.1) is 11.3 Å². The molecule has 1 atom stereocenters. The van der Waals surface area contributed by atoms with Crippen molar-refractivity contribution < 1.29 is 14.6 Å². The second kappa shape index (κ2) is 8.30. The number of carboxylic acids is 1. The van der Waals surface area contributed by atoms with Gasteiger partial charge in [0.05, 0.1) is 13.5 Å². The number of methoxy groups -OCH3 is 1. The molecule has 0 fully saturated rings. The van der Waals surface area contributed by atoms with Crippen molar-refractivity contribution >= 4 is 40.5 Å². The van der Waals surface area contributed by atoms with Gasteiger partial charge in [-0.3, -0.25) is 4.79 Å². The molecule has 1 N–H and O–H groups in total. The molecule has 2 aromatic carbocycles. The van der Waals surface area contributed by atoms with Crippen LogP contribution in [0.3, 0.4) is 0 Å². The molecule has 27 heavy (non-hydrogen) atoms. The van der Waals surface area contributed by atoms with Crippen LogP contribution in [-0.4, -0.2) is 23.2 Å². The van der Waals surface area contributed by atoms with E-state index in [0.29, 0.717) is 15.8 Å². The average Bonchev–Trinajstić information content (AvgIpc) is 3.05. The largest absolute Gasteiger partial charge is 0.496 e. The van der Waals surface area contributed by atoms with Gasteiger partial charge in [-0.05, 0) is 48.4 Å². The number of benzene rings is 2. The summed E-state index contributed by atoms with van der Waals surface area (Å²) in [6.45, 7) is 1.94. The summed E-state index contributed by atoms with van der Waals surface area (Å²) in [7, 11) is 1.59. The van der Waals surface area contributed by atoms with Gasteiger partial charge >= 0.3 is 5.97 Å². The first-order valence-electron chi connectivity index (χ1n) is 8.16. The van der Waals surface area contributed by atoms with E-state index in [1.165, 1.54) is 11.3 Å². The molecule has 1 unspecified atom stereocenters. The van der Waals surface area contributed by atoms with Crippen molar-refractivity contribution in [1.29, 1.82) is 0 Å². The molecule has 0 aliphatic heterocycles. The second-order valence-corrected chi connectivity index (χ2v) is 8.22. The van der Waals surface area contributed by atoms with E-state index in [4.69, 9.17) is 27.9 Å². The number of carboxylic acid groups (broad SMARTS) is 1. The number of ether oxygens (including phenoxy) is 1. The van der Waals surface area contributed by atoms with Gasteiger partial charge in [0.15, 0.2) is 0 Å². The SMILES string of the molecule is COc1ccc(Cl)cc1-c1cc(Cl)cc(C(CC(=O)O)c2ncc(C)s2)c1. The minimum absolute atomic E-state index is 0.0700. The van der Waals surface area contributed by atoms with Crippen LogP contribution >= 0.6 is 34.5 Å². The minimum Gasteiger partial charge on any atom is -0.496 e. The highest BCUT2D eigenvalue weighted by Crippen LogP contribution is 2.38. The Hall–Kier alpha value is -2.08. The summed E-state index contributed by atoms with van der Waals surface area (Å²) in [5.74, 6) is -0.619. The fraction of sp³-hybridized carbons (Fsp3) is 0.200. The summed E-state index contributed by atoms with van der Waals surface area (Å²) in [5.41, 5.74) is 2.38. The van der Waals surface area contributed by atoms with Gasteiger partial charge in [0, 0.05) is 32.6 Å².